The number of carbonyl (C=O) groups excluding carboxylic acids is 3. The van der Waals surface area contributed by atoms with Crippen molar-refractivity contribution in [2.24, 2.45) is 0 Å². The Labute approximate surface area is 176 Å². The summed E-state index contributed by atoms with van der Waals surface area (Å²) in [6.45, 7) is 2.29. The molecule has 0 bridgehead atoms. The first-order chi connectivity index (χ1) is 14.1. The third-order valence-corrected chi connectivity index (χ3v) is 7.54. The van der Waals surface area contributed by atoms with E-state index >= 15 is 0 Å². The van der Waals surface area contributed by atoms with Crippen LogP contribution in [-0.2, 0) is 19.6 Å². The van der Waals surface area contributed by atoms with Crippen LogP contribution < -0.4 is 10.2 Å². The van der Waals surface area contributed by atoms with Crippen LogP contribution in [0.2, 0.25) is 0 Å². The van der Waals surface area contributed by atoms with Crippen LogP contribution >= 0.6 is 0 Å². The second-order valence-corrected chi connectivity index (χ2v) is 10.4. The number of piperidine rings is 1. The molecule has 162 valence electrons. The van der Waals surface area contributed by atoms with Gasteiger partial charge >= 0.3 is 0 Å². The number of para-hydroxylation sites is 1. The van der Waals surface area contributed by atoms with E-state index in [2.05, 4.69) is 5.32 Å². The van der Waals surface area contributed by atoms with Crippen molar-refractivity contribution in [1.29, 1.82) is 0 Å². The van der Waals surface area contributed by atoms with Crippen LogP contribution in [0.1, 0.15) is 43.0 Å². The molecule has 30 heavy (non-hydrogen) atoms. The van der Waals surface area contributed by atoms with E-state index in [1.165, 1.54) is 9.21 Å². The number of anilines is 1. The second kappa shape index (κ2) is 7.35. The molecule has 0 radical (unpaired) electrons. The topological polar surface area (TPSA) is 107 Å². The Morgan fingerprint density at radius 1 is 1.27 bits per heavy atom. The minimum atomic E-state index is -3.32. The van der Waals surface area contributed by atoms with E-state index < -0.39 is 15.7 Å². The largest absolute Gasteiger partial charge is 0.350 e. The fraction of sp³-hybridized carbons (Fsp3) is 0.550. The Balaban J connectivity index is 1.53. The first-order valence-electron chi connectivity index (χ1n) is 10.1. The molecule has 0 aliphatic carbocycles. The van der Waals surface area contributed by atoms with E-state index in [-0.39, 0.29) is 36.9 Å². The summed E-state index contributed by atoms with van der Waals surface area (Å²) in [4.78, 5) is 41.7. The molecular formula is C20H26N4O5S. The molecule has 4 rings (SSSR count). The standard InChI is InChI=1S/C20H26N4O5S/c1-20-10-9-18(26)24(20)16-8-4-3-7-15(16)19(27)23(20)13-17(25)21-14-6-5-11-22(12-14)30(2,28)29/h3-4,7-8,14H,5-6,9-13H2,1-2H3,(H,21,25). The predicted molar refractivity (Wildman–Crippen MR) is 110 cm³/mol. The third kappa shape index (κ3) is 3.47. The third-order valence-electron chi connectivity index (χ3n) is 6.27. The predicted octanol–water partition coefficient (Wildman–Crippen LogP) is 0.526. The SMILES string of the molecule is CC12CCC(=O)N1c1ccccc1C(=O)N2CC(=O)NC1CCCN(S(C)(=O)=O)C1. The molecule has 3 heterocycles. The zero-order valence-electron chi connectivity index (χ0n) is 17.1. The number of rotatable bonds is 4. The Morgan fingerprint density at radius 3 is 2.73 bits per heavy atom. The van der Waals surface area contributed by atoms with Crippen LogP contribution in [0.25, 0.3) is 0 Å². The van der Waals surface area contributed by atoms with Gasteiger partial charge in [0.1, 0.15) is 12.2 Å². The van der Waals surface area contributed by atoms with Crippen molar-refractivity contribution in [3.05, 3.63) is 29.8 Å². The highest BCUT2D eigenvalue weighted by Gasteiger charge is 2.53. The number of carbonyl (C=O) groups is 3. The molecule has 0 aromatic heterocycles. The number of nitrogens with one attached hydrogen (secondary N) is 1. The number of nitrogens with zero attached hydrogens (tertiary/aromatic N) is 3. The van der Waals surface area contributed by atoms with E-state index in [1.54, 1.807) is 29.2 Å². The molecule has 0 saturated carbocycles. The number of benzene rings is 1. The molecule has 1 N–H and O–H groups in total. The van der Waals surface area contributed by atoms with E-state index in [9.17, 15) is 22.8 Å². The van der Waals surface area contributed by atoms with Gasteiger partial charge in [0.15, 0.2) is 0 Å². The van der Waals surface area contributed by atoms with Gasteiger partial charge in [-0.2, -0.15) is 0 Å². The second-order valence-electron chi connectivity index (χ2n) is 8.38. The van der Waals surface area contributed by atoms with Crippen LogP contribution in [0, 0.1) is 0 Å². The van der Waals surface area contributed by atoms with Crippen molar-refractivity contribution in [3.63, 3.8) is 0 Å². The number of hydrogen-bond donors (Lipinski definition) is 1. The van der Waals surface area contributed by atoms with Crippen LogP contribution in [0.3, 0.4) is 0 Å². The summed E-state index contributed by atoms with van der Waals surface area (Å²) in [5, 5.41) is 2.88. The average Bonchev–Trinajstić information content (AvgIpc) is 3.00. The minimum absolute atomic E-state index is 0.0704. The van der Waals surface area contributed by atoms with Gasteiger partial charge in [-0.15, -0.1) is 0 Å². The molecule has 1 aromatic carbocycles. The summed E-state index contributed by atoms with van der Waals surface area (Å²) < 4.78 is 25.0. The number of fused-ring (bicyclic) bond motifs is 3. The van der Waals surface area contributed by atoms with Crippen molar-refractivity contribution < 1.29 is 22.8 Å². The molecule has 9 nitrogen and oxygen atoms in total. The van der Waals surface area contributed by atoms with Crippen LogP contribution in [0.5, 0.6) is 0 Å². The first-order valence-corrected chi connectivity index (χ1v) is 11.9. The molecule has 2 fully saturated rings. The van der Waals surface area contributed by atoms with E-state index in [1.807, 2.05) is 6.92 Å². The maximum Gasteiger partial charge on any atom is 0.258 e. The molecule has 2 saturated heterocycles. The van der Waals surface area contributed by atoms with Gasteiger partial charge in [-0.1, -0.05) is 12.1 Å². The van der Waals surface area contributed by atoms with Gasteiger partial charge in [0.05, 0.1) is 17.5 Å². The molecule has 0 spiro atoms. The minimum Gasteiger partial charge on any atom is -0.350 e. The quantitative estimate of drug-likeness (QED) is 0.744. The Bertz CT molecular complexity index is 1010. The van der Waals surface area contributed by atoms with E-state index in [0.29, 0.717) is 43.5 Å². The first kappa shape index (κ1) is 20.8. The zero-order valence-corrected chi connectivity index (χ0v) is 17.9. The van der Waals surface area contributed by atoms with Gasteiger partial charge in [0, 0.05) is 25.6 Å². The van der Waals surface area contributed by atoms with Gasteiger partial charge in [0.2, 0.25) is 21.8 Å². The fourth-order valence-electron chi connectivity index (χ4n) is 4.72. The lowest BCUT2D eigenvalue weighted by Crippen LogP contribution is -2.64. The average molecular weight is 435 g/mol. The zero-order chi connectivity index (χ0) is 21.7. The maximum atomic E-state index is 13.2. The maximum absolute atomic E-state index is 13.2. The lowest BCUT2D eigenvalue weighted by molar-refractivity contribution is -0.124. The van der Waals surface area contributed by atoms with Crippen molar-refractivity contribution in [1.82, 2.24) is 14.5 Å². The number of sulfonamides is 1. The number of hydrogen-bond acceptors (Lipinski definition) is 5. The molecule has 3 aliphatic rings. The Kier molecular flexibility index (Phi) is 5.09. The molecule has 2 unspecified atom stereocenters. The van der Waals surface area contributed by atoms with Gasteiger partial charge in [-0.3, -0.25) is 19.3 Å². The lowest BCUT2D eigenvalue weighted by atomic mass is 9.98. The van der Waals surface area contributed by atoms with Crippen LogP contribution in [0.4, 0.5) is 5.69 Å². The smallest absolute Gasteiger partial charge is 0.258 e. The summed E-state index contributed by atoms with van der Waals surface area (Å²) in [5.41, 5.74) is 0.0877. The summed E-state index contributed by atoms with van der Waals surface area (Å²) in [6.07, 6.45) is 3.25. The highest BCUT2D eigenvalue weighted by Crippen LogP contribution is 2.43. The Morgan fingerprint density at radius 2 is 2.00 bits per heavy atom. The lowest BCUT2D eigenvalue weighted by Gasteiger charge is -2.48. The van der Waals surface area contributed by atoms with Crippen molar-refractivity contribution >= 4 is 33.4 Å². The van der Waals surface area contributed by atoms with Crippen molar-refractivity contribution in [2.75, 3.05) is 30.8 Å². The van der Waals surface area contributed by atoms with Crippen LogP contribution in [0.15, 0.2) is 24.3 Å². The summed E-state index contributed by atoms with van der Waals surface area (Å²) in [5.74, 6) is -0.710. The molecule has 1 aromatic rings. The highest BCUT2D eigenvalue weighted by atomic mass is 32.2. The molecule has 3 amide bonds. The van der Waals surface area contributed by atoms with Crippen LogP contribution in [-0.4, -0.2) is 72.9 Å². The highest BCUT2D eigenvalue weighted by molar-refractivity contribution is 7.88. The Hall–Kier alpha value is -2.46. The molecule has 10 heteroatoms. The van der Waals surface area contributed by atoms with E-state index in [0.717, 1.165) is 6.26 Å². The van der Waals surface area contributed by atoms with Gasteiger partial charge in [-0.05, 0) is 38.3 Å². The van der Waals surface area contributed by atoms with Gasteiger partial charge in [-0.25, -0.2) is 12.7 Å². The van der Waals surface area contributed by atoms with Crippen molar-refractivity contribution in [2.45, 2.75) is 44.3 Å². The fourth-order valence-corrected chi connectivity index (χ4v) is 5.63. The normalized spacial score (nSPS) is 27.1. The summed E-state index contributed by atoms with van der Waals surface area (Å²) in [7, 11) is -3.32. The number of amides is 3. The monoisotopic (exact) mass is 434 g/mol. The van der Waals surface area contributed by atoms with Gasteiger partial charge < -0.3 is 10.2 Å². The molecular weight excluding hydrogens is 408 g/mol. The van der Waals surface area contributed by atoms with E-state index in [4.69, 9.17) is 0 Å². The molecule has 2 atom stereocenters. The van der Waals surface area contributed by atoms with Gasteiger partial charge in [0.25, 0.3) is 5.91 Å². The summed E-state index contributed by atoms with van der Waals surface area (Å²) in [6, 6.07) is 6.64. The van der Waals surface area contributed by atoms with Crippen molar-refractivity contribution in [3.8, 4) is 0 Å². The summed E-state index contributed by atoms with van der Waals surface area (Å²) >= 11 is 0. The molecule has 3 aliphatic heterocycles.